The van der Waals surface area contributed by atoms with Crippen molar-refractivity contribution in [3.8, 4) is 11.3 Å². The maximum atomic E-state index is 9.76. The van der Waals surface area contributed by atoms with Gasteiger partial charge in [-0.15, -0.1) is 0 Å². The summed E-state index contributed by atoms with van der Waals surface area (Å²) in [4.78, 5) is 2.08. The minimum atomic E-state index is -0.424. The Morgan fingerprint density at radius 2 is 1.70 bits per heavy atom. The summed E-state index contributed by atoms with van der Waals surface area (Å²) >= 11 is 0. The molecule has 1 N–H and O–H groups in total. The molecule has 2 aromatic carbocycles. The second-order valence-electron chi connectivity index (χ2n) is 5.61. The van der Waals surface area contributed by atoms with Gasteiger partial charge in [-0.2, -0.15) is 0 Å². The van der Waals surface area contributed by atoms with E-state index in [-0.39, 0.29) is 0 Å². The van der Waals surface area contributed by atoms with Crippen molar-refractivity contribution in [2.45, 2.75) is 19.6 Å². The van der Waals surface area contributed by atoms with Gasteiger partial charge in [-0.3, -0.25) is 0 Å². The predicted molar refractivity (Wildman–Crippen MR) is 91.1 cm³/mol. The van der Waals surface area contributed by atoms with Gasteiger partial charge in [0.05, 0.1) is 12.6 Å². The Labute approximate surface area is 136 Å². The van der Waals surface area contributed by atoms with Crippen molar-refractivity contribution in [1.29, 1.82) is 0 Å². The van der Waals surface area contributed by atoms with Gasteiger partial charge in [-0.05, 0) is 19.1 Å². The van der Waals surface area contributed by atoms with Gasteiger partial charge < -0.3 is 14.5 Å². The molecule has 3 rings (SSSR count). The summed E-state index contributed by atoms with van der Waals surface area (Å²) in [5.41, 5.74) is 2.90. The van der Waals surface area contributed by atoms with E-state index in [1.54, 1.807) is 6.92 Å². The average molecular weight is 308 g/mol. The largest absolute Gasteiger partial charge is 0.392 e. The first-order valence-electron chi connectivity index (χ1n) is 7.71. The number of aliphatic hydroxyl groups excluding tert-OH is 1. The predicted octanol–water partition coefficient (Wildman–Crippen LogP) is 3.73. The molecule has 3 aromatic rings. The summed E-state index contributed by atoms with van der Waals surface area (Å²) in [5.74, 6) is 0.772. The van der Waals surface area contributed by atoms with Crippen molar-refractivity contribution >= 4 is 5.69 Å². The fourth-order valence-electron chi connectivity index (χ4n) is 2.54. The first-order valence-corrected chi connectivity index (χ1v) is 7.71. The second kappa shape index (κ2) is 7.11. The van der Waals surface area contributed by atoms with Crippen LogP contribution in [0.1, 0.15) is 12.7 Å². The van der Waals surface area contributed by atoms with Gasteiger partial charge in [0.2, 0.25) is 0 Å². The number of rotatable bonds is 6. The third-order valence-corrected chi connectivity index (χ3v) is 3.58. The van der Waals surface area contributed by atoms with E-state index in [2.05, 4.69) is 10.1 Å². The summed E-state index contributed by atoms with van der Waals surface area (Å²) in [6.45, 7) is 2.88. The Kier molecular flexibility index (Phi) is 4.74. The molecule has 1 unspecified atom stereocenters. The molecule has 23 heavy (non-hydrogen) atoms. The highest BCUT2D eigenvalue weighted by atomic mass is 16.5. The number of aliphatic hydroxyl groups is 1. The smallest absolute Gasteiger partial charge is 0.156 e. The van der Waals surface area contributed by atoms with Gasteiger partial charge >= 0.3 is 0 Å². The van der Waals surface area contributed by atoms with Crippen LogP contribution in [0.25, 0.3) is 11.3 Å². The molecule has 118 valence electrons. The number of anilines is 1. The fraction of sp³-hybridized carbons (Fsp3) is 0.211. The van der Waals surface area contributed by atoms with E-state index in [1.165, 1.54) is 0 Å². The Balaban J connectivity index is 1.79. The van der Waals surface area contributed by atoms with Gasteiger partial charge in [0.25, 0.3) is 0 Å². The molecule has 0 aliphatic rings. The van der Waals surface area contributed by atoms with Crippen LogP contribution in [0.3, 0.4) is 0 Å². The standard InChI is InChI=1S/C19H20N2O2/c1-15(22)13-21(17-10-6-3-7-11-17)14-18-12-19(20-23-18)16-8-4-2-5-9-16/h2-12,15,22H,13-14H2,1H3. The third kappa shape index (κ3) is 3.99. The zero-order chi connectivity index (χ0) is 16.1. The van der Waals surface area contributed by atoms with Crippen LogP contribution in [0.5, 0.6) is 0 Å². The summed E-state index contributed by atoms with van der Waals surface area (Å²) in [5, 5.41) is 13.9. The lowest BCUT2D eigenvalue weighted by Crippen LogP contribution is -2.30. The van der Waals surface area contributed by atoms with Crippen LogP contribution in [-0.2, 0) is 6.54 Å². The Hall–Kier alpha value is -2.59. The minimum Gasteiger partial charge on any atom is -0.392 e. The molecule has 0 spiro atoms. The summed E-state index contributed by atoms with van der Waals surface area (Å²) in [6, 6.07) is 21.9. The van der Waals surface area contributed by atoms with E-state index in [0.717, 1.165) is 22.7 Å². The molecule has 0 aliphatic heterocycles. The molecule has 0 bridgehead atoms. The Morgan fingerprint density at radius 1 is 1.04 bits per heavy atom. The molecular weight excluding hydrogens is 288 g/mol. The van der Waals surface area contributed by atoms with Crippen molar-refractivity contribution in [2.24, 2.45) is 0 Å². The van der Waals surface area contributed by atoms with E-state index in [1.807, 2.05) is 66.7 Å². The SMILES string of the molecule is CC(O)CN(Cc1cc(-c2ccccc2)no1)c1ccccc1. The van der Waals surface area contributed by atoms with E-state index >= 15 is 0 Å². The quantitative estimate of drug-likeness (QED) is 0.754. The van der Waals surface area contributed by atoms with Crippen molar-refractivity contribution in [2.75, 3.05) is 11.4 Å². The van der Waals surface area contributed by atoms with E-state index in [9.17, 15) is 5.11 Å². The summed E-state index contributed by atoms with van der Waals surface area (Å²) in [6.07, 6.45) is -0.424. The molecule has 0 amide bonds. The fourth-order valence-corrected chi connectivity index (χ4v) is 2.54. The minimum absolute atomic E-state index is 0.424. The molecule has 4 nitrogen and oxygen atoms in total. The van der Waals surface area contributed by atoms with Crippen LogP contribution in [-0.4, -0.2) is 22.9 Å². The van der Waals surface area contributed by atoms with Crippen LogP contribution >= 0.6 is 0 Å². The summed E-state index contributed by atoms with van der Waals surface area (Å²) in [7, 11) is 0. The van der Waals surface area contributed by atoms with Crippen molar-refractivity contribution in [1.82, 2.24) is 5.16 Å². The number of hydrogen-bond acceptors (Lipinski definition) is 4. The molecular formula is C19H20N2O2. The molecule has 4 heteroatoms. The van der Waals surface area contributed by atoms with E-state index < -0.39 is 6.10 Å². The molecule has 1 heterocycles. The van der Waals surface area contributed by atoms with Gasteiger partial charge in [-0.1, -0.05) is 53.7 Å². The van der Waals surface area contributed by atoms with E-state index in [4.69, 9.17) is 4.52 Å². The van der Waals surface area contributed by atoms with Crippen LogP contribution in [0, 0.1) is 0 Å². The monoisotopic (exact) mass is 308 g/mol. The number of hydrogen-bond donors (Lipinski definition) is 1. The average Bonchev–Trinajstić information content (AvgIpc) is 3.04. The highest BCUT2D eigenvalue weighted by molar-refractivity contribution is 5.58. The third-order valence-electron chi connectivity index (χ3n) is 3.58. The zero-order valence-corrected chi connectivity index (χ0v) is 13.1. The number of benzene rings is 2. The normalized spacial score (nSPS) is 12.1. The van der Waals surface area contributed by atoms with Gasteiger partial charge in [0.15, 0.2) is 5.76 Å². The number of nitrogens with zero attached hydrogens (tertiary/aromatic N) is 2. The van der Waals surface area contributed by atoms with Gasteiger partial charge in [0, 0.05) is 23.9 Å². The van der Waals surface area contributed by atoms with Crippen molar-refractivity contribution in [3.63, 3.8) is 0 Å². The first kappa shape index (κ1) is 15.3. The van der Waals surface area contributed by atoms with Crippen molar-refractivity contribution in [3.05, 3.63) is 72.5 Å². The Bertz CT molecular complexity index is 723. The molecule has 0 saturated carbocycles. The maximum absolute atomic E-state index is 9.76. The first-order chi connectivity index (χ1) is 11.2. The molecule has 1 atom stereocenters. The lowest BCUT2D eigenvalue weighted by molar-refractivity contribution is 0.198. The number of aromatic nitrogens is 1. The second-order valence-corrected chi connectivity index (χ2v) is 5.61. The van der Waals surface area contributed by atoms with Crippen LogP contribution in [0.15, 0.2) is 71.3 Å². The lowest BCUT2D eigenvalue weighted by Gasteiger charge is -2.24. The number of para-hydroxylation sites is 1. The van der Waals surface area contributed by atoms with Gasteiger partial charge in [-0.25, -0.2) is 0 Å². The maximum Gasteiger partial charge on any atom is 0.156 e. The van der Waals surface area contributed by atoms with Crippen molar-refractivity contribution < 1.29 is 9.63 Å². The van der Waals surface area contributed by atoms with E-state index in [0.29, 0.717) is 13.1 Å². The summed E-state index contributed by atoms with van der Waals surface area (Å²) < 4.78 is 5.48. The lowest BCUT2D eigenvalue weighted by atomic mass is 10.1. The van der Waals surface area contributed by atoms with Crippen LogP contribution in [0.2, 0.25) is 0 Å². The Morgan fingerprint density at radius 3 is 2.35 bits per heavy atom. The van der Waals surface area contributed by atoms with Crippen LogP contribution in [0.4, 0.5) is 5.69 Å². The van der Waals surface area contributed by atoms with Crippen LogP contribution < -0.4 is 4.90 Å². The zero-order valence-electron chi connectivity index (χ0n) is 13.1. The highest BCUT2D eigenvalue weighted by Crippen LogP contribution is 2.22. The molecule has 0 fully saturated rings. The van der Waals surface area contributed by atoms with Gasteiger partial charge in [0.1, 0.15) is 5.69 Å². The highest BCUT2D eigenvalue weighted by Gasteiger charge is 2.14. The molecule has 1 aromatic heterocycles. The topological polar surface area (TPSA) is 49.5 Å². The molecule has 0 radical (unpaired) electrons. The molecule has 0 saturated heterocycles. The molecule has 0 aliphatic carbocycles.